The van der Waals surface area contributed by atoms with Gasteiger partial charge in [0.2, 0.25) is 6.04 Å². The van der Waals surface area contributed by atoms with Gasteiger partial charge >= 0.3 is 5.91 Å². The number of pyridine rings is 1. The van der Waals surface area contributed by atoms with Crippen LogP contribution in [0.3, 0.4) is 0 Å². The molecule has 0 aliphatic heterocycles. The van der Waals surface area contributed by atoms with E-state index in [0.717, 1.165) is 6.42 Å². The van der Waals surface area contributed by atoms with Crippen LogP contribution in [-0.2, 0) is 14.8 Å². The predicted octanol–water partition coefficient (Wildman–Crippen LogP) is 1.82. The first-order valence-electron chi connectivity index (χ1n) is 7.12. The Kier molecular flexibility index (Phi) is 5.27. The average molecular weight is 319 g/mol. The quantitative estimate of drug-likeness (QED) is 0.826. The van der Waals surface area contributed by atoms with Crippen molar-refractivity contribution in [2.24, 2.45) is 0 Å². The van der Waals surface area contributed by atoms with Crippen LogP contribution in [0, 0.1) is 0 Å². The number of benzene rings is 1. The highest BCUT2D eigenvalue weighted by molar-refractivity contribution is 7.90. The van der Waals surface area contributed by atoms with Crippen LogP contribution >= 0.6 is 0 Å². The number of aromatic nitrogens is 1. The number of hydrogen-bond acceptors (Lipinski definition) is 3. The van der Waals surface area contributed by atoms with Gasteiger partial charge in [0.1, 0.15) is 0 Å². The van der Waals surface area contributed by atoms with Gasteiger partial charge in [-0.2, -0.15) is 4.57 Å². The molecule has 22 heavy (non-hydrogen) atoms. The molecule has 2 rings (SSSR count). The largest absolute Gasteiger partial charge is 0.302 e. The van der Waals surface area contributed by atoms with Crippen molar-refractivity contribution in [1.82, 2.24) is 4.72 Å². The van der Waals surface area contributed by atoms with Gasteiger partial charge in [-0.3, -0.25) is 4.79 Å². The fraction of sp³-hybridized carbons (Fsp3) is 0.250. The van der Waals surface area contributed by atoms with Gasteiger partial charge in [-0.15, -0.1) is 0 Å². The van der Waals surface area contributed by atoms with Gasteiger partial charge in [-0.1, -0.05) is 31.2 Å². The molecule has 0 saturated carbocycles. The van der Waals surface area contributed by atoms with Crippen molar-refractivity contribution < 1.29 is 17.8 Å². The van der Waals surface area contributed by atoms with Crippen molar-refractivity contribution >= 4 is 15.9 Å². The number of nitrogens with zero attached hydrogens (tertiary/aromatic N) is 1. The van der Waals surface area contributed by atoms with Crippen LogP contribution < -0.4 is 9.29 Å². The number of hydrogen-bond donors (Lipinski definition) is 1. The van der Waals surface area contributed by atoms with Crippen molar-refractivity contribution in [3.8, 4) is 0 Å². The van der Waals surface area contributed by atoms with Gasteiger partial charge in [0.05, 0.1) is 4.90 Å². The molecule has 0 spiro atoms. The van der Waals surface area contributed by atoms with Crippen molar-refractivity contribution in [2.75, 3.05) is 0 Å². The van der Waals surface area contributed by atoms with E-state index >= 15 is 0 Å². The summed E-state index contributed by atoms with van der Waals surface area (Å²) in [6.45, 7) is 1.95. The van der Waals surface area contributed by atoms with E-state index in [1.807, 2.05) is 25.1 Å². The minimum Gasteiger partial charge on any atom is -0.266 e. The number of rotatable bonds is 6. The van der Waals surface area contributed by atoms with Gasteiger partial charge in [-0.25, -0.2) is 13.1 Å². The molecule has 116 valence electrons. The van der Waals surface area contributed by atoms with Crippen LogP contribution in [0.5, 0.6) is 0 Å². The van der Waals surface area contributed by atoms with E-state index in [9.17, 15) is 13.2 Å². The van der Waals surface area contributed by atoms with Crippen LogP contribution in [0.15, 0.2) is 65.8 Å². The molecular formula is C16H19N2O3S+. The zero-order valence-electron chi connectivity index (χ0n) is 12.3. The molecule has 1 atom stereocenters. The predicted molar refractivity (Wildman–Crippen MR) is 82.4 cm³/mol. The van der Waals surface area contributed by atoms with Gasteiger partial charge < -0.3 is 0 Å². The SMILES string of the molecule is CCC[C@H](C(=O)NS(=O)(=O)c1ccccc1)[n+]1ccccc1. The number of amides is 1. The van der Waals surface area contributed by atoms with E-state index in [0.29, 0.717) is 6.42 Å². The molecule has 1 N–H and O–H groups in total. The van der Waals surface area contributed by atoms with E-state index in [1.54, 1.807) is 35.2 Å². The molecule has 0 unspecified atom stereocenters. The van der Waals surface area contributed by atoms with E-state index in [2.05, 4.69) is 4.72 Å². The number of carbonyl (C=O) groups is 1. The lowest BCUT2D eigenvalue weighted by atomic mass is 10.1. The first-order valence-corrected chi connectivity index (χ1v) is 8.60. The van der Waals surface area contributed by atoms with Crippen LogP contribution in [-0.4, -0.2) is 14.3 Å². The number of nitrogens with one attached hydrogen (secondary N) is 1. The first kappa shape index (κ1) is 16.2. The third-order valence-electron chi connectivity index (χ3n) is 3.25. The highest BCUT2D eigenvalue weighted by Crippen LogP contribution is 2.11. The molecule has 0 radical (unpaired) electrons. The minimum atomic E-state index is -3.84. The van der Waals surface area contributed by atoms with Crippen molar-refractivity contribution in [1.29, 1.82) is 0 Å². The third-order valence-corrected chi connectivity index (χ3v) is 4.61. The maximum Gasteiger partial charge on any atom is 0.302 e. The summed E-state index contributed by atoms with van der Waals surface area (Å²) in [5.41, 5.74) is 0. The van der Waals surface area contributed by atoms with Crippen LogP contribution in [0.25, 0.3) is 0 Å². The van der Waals surface area contributed by atoms with Gasteiger partial charge in [0.25, 0.3) is 10.0 Å². The van der Waals surface area contributed by atoms with Gasteiger partial charge in [-0.05, 0) is 18.6 Å². The maximum absolute atomic E-state index is 12.4. The smallest absolute Gasteiger partial charge is 0.266 e. The molecule has 0 saturated heterocycles. The second-order valence-electron chi connectivity index (χ2n) is 4.91. The summed E-state index contributed by atoms with van der Waals surface area (Å²) in [5, 5.41) is 0. The molecule has 1 amide bonds. The zero-order valence-corrected chi connectivity index (χ0v) is 13.2. The number of sulfonamides is 1. The van der Waals surface area contributed by atoms with E-state index < -0.39 is 22.0 Å². The monoisotopic (exact) mass is 319 g/mol. The van der Waals surface area contributed by atoms with E-state index in [-0.39, 0.29) is 4.90 Å². The highest BCUT2D eigenvalue weighted by Gasteiger charge is 2.30. The Hall–Kier alpha value is -2.21. The second-order valence-corrected chi connectivity index (χ2v) is 6.59. The normalized spacial score (nSPS) is 12.6. The van der Waals surface area contributed by atoms with Crippen LogP contribution in [0.1, 0.15) is 25.8 Å². The number of carbonyl (C=O) groups excluding carboxylic acids is 1. The van der Waals surface area contributed by atoms with Crippen LogP contribution in [0.4, 0.5) is 0 Å². The van der Waals surface area contributed by atoms with Crippen LogP contribution in [0.2, 0.25) is 0 Å². The molecule has 6 heteroatoms. The fourth-order valence-electron chi connectivity index (χ4n) is 2.17. The Bertz CT molecular complexity index is 716. The summed E-state index contributed by atoms with van der Waals surface area (Å²) in [4.78, 5) is 12.5. The Balaban J connectivity index is 2.22. The maximum atomic E-state index is 12.4. The standard InChI is InChI=1S/C16H18N2O3S/c1-2-9-15(18-12-7-4-8-13-18)16(19)17-22(20,21)14-10-5-3-6-11-14/h3-8,10-13,15H,2,9H2,1H3/p+1/t15-/m1/s1. The Morgan fingerprint density at radius 2 is 1.68 bits per heavy atom. The lowest BCUT2D eigenvalue weighted by molar-refractivity contribution is -0.710. The third kappa shape index (κ3) is 3.92. The molecule has 5 nitrogen and oxygen atoms in total. The zero-order chi connectivity index (χ0) is 16.0. The molecule has 0 aliphatic rings. The highest BCUT2D eigenvalue weighted by atomic mass is 32.2. The molecule has 0 bridgehead atoms. The second kappa shape index (κ2) is 7.17. The summed E-state index contributed by atoms with van der Waals surface area (Å²) < 4.78 is 28.4. The summed E-state index contributed by atoms with van der Waals surface area (Å²) >= 11 is 0. The summed E-state index contributed by atoms with van der Waals surface area (Å²) in [6.07, 6.45) is 4.85. The summed E-state index contributed by atoms with van der Waals surface area (Å²) in [7, 11) is -3.84. The Morgan fingerprint density at radius 3 is 2.27 bits per heavy atom. The molecular weight excluding hydrogens is 300 g/mol. The average Bonchev–Trinajstić information content (AvgIpc) is 2.54. The molecule has 1 aromatic heterocycles. The first-order chi connectivity index (χ1) is 10.5. The van der Waals surface area contributed by atoms with Crippen molar-refractivity contribution in [3.05, 3.63) is 60.9 Å². The minimum absolute atomic E-state index is 0.0802. The van der Waals surface area contributed by atoms with E-state index in [1.165, 1.54) is 12.1 Å². The Labute approximate surface area is 130 Å². The molecule has 0 aliphatic carbocycles. The molecule has 0 fully saturated rings. The molecule has 1 aromatic carbocycles. The van der Waals surface area contributed by atoms with Gasteiger partial charge in [0, 0.05) is 18.6 Å². The van der Waals surface area contributed by atoms with Crippen molar-refractivity contribution in [2.45, 2.75) is 30.7 Å². The lowest BCUT2D eigenvalue weighted by Gasteiger charge is -2.12. The summed E-state index contributed by atoms with van der Waals surface area (Å²) in [5.74, 6) is -0.526. The molecule has 1 heterocycles. The fourth-order valence-corrected chi connectivity index (χ4v) is 3.20. The lowest BCUT2D eigenvalue weighted by Crippen LogP contribution is -2.49. The van der Waals surface area contributed by atoms with E-state index in [4.69, 9.17) is 0 Å². The van der Waals surface area contributed by atoms with Crippen molar-refractivity contribution in [3.63, 3.8) is 0 Å². The topological polar surface area (TPSA) is 67.1 Å². The summed E-state index contributed by atoms with van der Waals surface area (Å²) in [6, 6.07) is 12.8. The molecule has 2 aromatic rings. The van der Waals surface area contributed by atoms with Gasteiger partial charge in [0.15, 0.2) is 12.4 Å². The Morgan fingerprint density at radius 1 is 1.09 bits per heavy atom.